The predicted octanol–water partition coefficient (Wildman–Crippen LogP) is 3.51. The quantitative estimate of drug-likeness (QED) is 0.804. The van der Waals surface area contributed by atoms with Gasteiger partial charge in [0.15, 0.2) is 0 Å². The van der Waals surface area contributed by atoms with Crippen LogP contribution in [0, 0.1) is 5.41 Å². The molecule has 1 aliphatic rings. The molecule has 0 unspecified atom stereocenters. The van der Waals surface area contributed by atoms with E-state index in [4.69, 9.17) is 21.1 Å². The number of ether oxygens (including phenoxy) is 2. The van der Waals surface area contributed by atoms with Crippen molar-refractivity contribution in [2.24, 2.45) is 5.41 Å². The van der Waals surface area contributed by atoms with Crippen LogP contribution in [0.1, 0.15) is 13.8 Å². The molecule has 2 aromatic carbocycles. The zero-order chi connectivity index (χ0) is 19.8. The molecular weight excluding hydrogens is 392 g/mol. The molecule has 2 aromatic rings. The van der Waals surface area contributed by atoms with Gasteiger partial charge in [0.2, 0.25) is 5.91 Å². The fourth-order valence-electron chi connectivity index (χ4n) is 2.46. The van der Waals surface area contributed by atoms with E-state index in [-0.39, 0.29) is 28.1 Å². The number of sulfonamides is 1. The van der Waals surface area contributed by atoms with Gasteiger partial charge in [0.05, 0.1) is 33.8 Å². The molecule has 0 saturated heterocycles. The van der Waals surface area contributed by atoms with E-state index in [0.717, 1.165) is 0 Å². The van der Waals surface area contributed by atoms with Crippen molar-refractivity contribution in [2.45, 2.75) is 18.7 Å². The Balaban J connectivity index is 1.88. The number of methoxy groups -OCH3 is 1. The predicted molar refractivity (Wildman–Crippen MR) is 103 cm³/mol. The number of nitrogens with one attached hydrogen (secondary N) is 2. The molecule has 1 amide bonds. The molecule has 27 heavy (non-hydrogen) atoms. The summed E-state index contributed by atoms with van der Waals surface area (Å²) in [6.45, 7) is 3.76. The van der Waals surface area contributed by atoms with Crippen molar-refractivity contribution in [1.82, 2.24) is 0 Å². The van der Waals surface area contributed by atoms with Gasteiger partial charge in [0.25, 0.3) is 10.0 Å². The summed E-state index contributed by atoms with van der Waals surface area (Å²) in [5.74, 6) is 0.649. The van der Waals surface area contributed by atoms with Crippen molar-refractivity contribution < 1.29 is 22.7 Å². The molecule has 1 heterocycles. The number of carbonyl (C=O) groups excluding carboxylic acids is 1. The van der Waals surface area contributed by atoms with Crippen molar-refractivity contribution in [3.05, 3.63) is 41.4 Å². The molecule has 2 N–H and O–H groups in total. The SMILES string of the molecule is COc1ccc(S(=O)(=O)Nc2ccc3c(c2)NC(=O)C(C)(C)CO3)cc1Cl. The van der Waals surface area contributed by atoms with Gasteiger partial charge in [-0.1, -0.05) is 11.6 Å². The third-order valence-corrected chi connectivity index (χ3v) is 5.79. The Kier molecular flexibility index (Phi) is 4.96. The Morgan fingerprint density at radius 1 is 1.22 bits per heavy atom. The minimum absolute atomic E-state index is 0.00957. The molecule has 9 heteroatoms. The van der Waals surface area contributed by atoms with Crippen molar-refractivity contribution in [3.8, 4) is 11.5 Å². The maximum Gasteiger partial charge on any atom is 0.261 e. The molecule has 1 aliphatic heterocycles. The standard InChI is InChI=1S/C18H19ClN2O5S/c1-18(2)10-26-16-6-4-11(8-14(16)20-17(18)22)21-27(23,24)12-5-7-15(25-3)13(19)9-12/h4-9,21H,10H2,1-3H3,(H,20,22). The highest BCUT2D eigenvalue weighted by atomic mass is 35.5. The van der Waals surface area contributed by atoms with Gasteiger partial charge in [0.1, 0.15) is 18.1 Å². The summed E-state index contributed by atoms with van der Waals surface area (Å²) >= 11 is 6.01. The van der Waals surface area contributed by atoms with Gasteiger partial charge in [-0.25, -0.2) is 8.42 Å². The largest absolute Gasteiger partial charge is 0.495 e. The molecule has 0 fully saturated rings. The zero-order valence-corrected chi connectivity index (χ0v) is 16.6. The highest BCUT2D eigenvalue weighted by molar-refractivity contribution is 7.92. The van der Waals surface area contributed by atoms with E-state index in [1.165, 1.54) is 31.4 Å². The summed E-state index contributed by atoms with van der Waals surface area (Å²) < 4.78 is 38.4. The highest BCUT2D eigenvalue weighted by Crippen LogP contribution is 2.35. The Labute approximate surface area is 162 Å². The topological polar surface area (TPSA) is 93.7 Å². The molecule has 3 rings (SSSR count). The van der Waals surface area contributed by atoms with Crippen LogP contribution in [0.2, 0.25) is 5.02 Å². The zero-order valence-electron chi connectivity index (χ0n) is 15.0. The van der Waals surface area contributed by atoms with E-state index in [1.54, 1.807) is 26.0 Å². The molecule has 0 bridgehead atoms. The van der Waals surface area contributed by atoms with Crippen molar-refractivity contribution in [2.75, 3.05) is 23.8 Å². The van der Waals surface area contributed by atoms with Crippen LogP contribution >= 0.6 is 11.6 Å². The number of fused-ring (bicyclic) bond motifs is 1. The van der Waals surface area contributed by atoms with Gasteiger partial charge < -0.3 is 14.8 Å². The molecule has 0 saturated carbocycles. The highest BCUT2D eigenvalue weighted by Gasteiger charge is 2.32. The lowest BCUT2D eigenvalue weighted by Crippen LogP contribution is -2.33. The fourth-order valence-corrected chi connectivity index (χ4v) is 3.86. The number of benzene rings is 2. The Hall–Kier alpha value is -2.45. The molecule has 0 atom stereocenters. The maximum atomic E-state index is 12.6. The normalized spacial score (nSPS) is 15.8. The Bertz CT molecular complexity index is 1000. The number of hydrogen-bond donors (Lipinski definition) is 2. The van der Waals surface area contributed by atoms with Crippen molar-refractivity contribution in [3.63, 3.8) is 0 Å². The first-order chi connectivity index (χ1) is 12.6. The minimum atomic E-state index is -3.88. The van der Waals surface area contributed by atoms with Gasteiger partial charge in [-0.2, -0.15) is 0 Å². The lowest BCUT2D eigenvalue weighted by molar-refractivity contribution is -0.124. The van der Waals surface area contributed by atoms with E-state index in [2.05, 4.69) is 10.0 Å². The molecule has 7 nitrogen and oxygen atoms in total. The number of anilines is 2. The summed E-state index contributed by atoms with van der Waals surface area (Å²) in [4.78, 5) is 12.2. The van der Waals surface area contributed by atoms with Crippen LogP contribution in [0.3, 0.4) is 0 Å². The molecule has 0 spiro atoms. The fraction of sp³-hybridized carbons (Fsp3) is 0.278. The third kappa shape index (κ3) is 3.96. The first-order valence-electron chi connectivity index (χ1n) is 8.07. The first-order valence-corrected chi connectivity index (χ1v) is 9.93. The summed E-state index contributed by atoms with van der Waals surface area (Å²) in [7, 11) is -2.43. The van der Waals surface area contributed by atoms with Gasteiger partial charge in [-0.05, 0) is 50.2 Å². The minimum Gasteiger partial charge on any atom is -0.495 e. The number of rotatable bonds is 4. The van der Waals surface area contributed by atoms with Crippen LogP contribution in [-0.4, -0.2) is 28.0 Å². The Morgan fingerprint density at radius 3 is 2.63 bits per heavy atom. The molecule has 0 radical (unpaired) electrons. The molecule has 0 aromatic heterocycles. The summed E-state index contributed by atoms with van der Waals surface area (Å²) in [5.41, 5.74) is -0.0127. The number of halogens is 1. The van der Waals surface area contributed by atoms with E-state index in [1.807, 2.05) is 0 Å². The summed E-state index contributed by atoms with van der Waals surface area (Å²) in [6.07, 6.45) is 0. The number of hydrogen-bond acceptors (Lipinski definition) is 5. The van der Waals surface area contributed by atoms with E-state index in [9.17, 15) is 13.2 Å². The van der Waals surface area contributed by atoms with Crippen LogP contribution in [-0.2, 0) is 14.8 Å². The van der Waals surface area contributed by atoms with Crippen LogP contribution in [0.4, 0.5) is 11.4 Å². The van der Waals surface area contributed by atoms with E-state index in [0.29, 0.717) is 17.2 Å². The van der Waals surface area contributed by atoms with Crippen LogP contribution in [0.25, 0.3) is 0 Å². The van der Waals surface area contributed by atoms with Gasteiger partial charge in [-0.15, -0.1) is 0 Å². The second-order valence-corrected chi connectivity index (χ2v) is 8.83. The lowest BCUT2D eigenvalue weighted by Gasteiger charge is -2.18. The second-order valence-electron chi connectivity index (χ2n) is 6.74. The van der Waals surface area contributed by atoms with E-state index < -0.39 is 15.4 Å². The smallest absolute Gasteiger partial charge is 0.261 e. The van der Waals surface area contributed by atoms with Crippen molar-refractivity contribution >= 4 is 38.9 Å². The molecule has 0 aliphatic carbocycles. The number of amides is 1. The van der Waals surface area contributed by atoms with Gasteiger partial charge in [-0.3, -0.25) is 9.52 Å². The summed E-state index contributed by atoms with van der Waals surface area (Å²) in [6, 6.07) is 8.85. The van der Waals surface area contributed by atoms with Crippen molar-refractivity contribution in [1.29, 1.82) is 0 Å². The maximum absolute atomic E-state index is 12.6. The average Bonchev–Trinajstić information content (AvgIpc) is 2.71. The van der Waals surface area contributed by atoms with Gasteiger partial charge >= 0.3 is 0 Å². The van der Waals surface area contributed by atoms with Crippen LogP contribution in [0.5, 0.6) is 11.5 Å². The second kappa shape index (κ2) is 6.94. The lowest BCUT2D eigenvalue weighted by atomic mass is 9.94. The number of carbonyl (C=O) groups is 1. The molecule has 144 valence electrons. The first kappa shape index (κ1) is 19.3. The van der Waals surface area contributed by atoms with Crippen LogP contribution < -0.4 is 19.5 Å². The Morgan fingerprint density at radius 2 is 1.96 bits per heavy atom. The summed E-state index contributed by atoms with van der Waals surface area (Å²) in [5, 5.41) is 2.95. The van der Waals surface area contributed by atoms with Crippen LogP contribution in [0.15, 0.2) is 41.3 Å². The van der Waals surface area contributed by atoms with Gasteiger partial charge in [0, 0.05) is 0 Å². The average molecular weight is 411 g/mol. The molecular formula is C18H19ClN2O5S. The van der Waals surface area contributed by atoms with E-state index >= 15 is 0 Å². The monoisotopic (exact) mass is 410 g/mol. The third-order valence-electron chi connectivity index (χ3n) is 4.12.